The topological polar surface area (TPSA) is 88.2 Å². The van der Waals surface area contributed by atoms with Crippen molar-refractivity contribution in [3.63, 3.8) is 0 Å². The highest BCUT2D eigenvalue weighted by Crippen LogP contribution is 2.29. The predicted molar refractivity (Wildman–Crippen MR) is 127 cm³/mol. The van der Waals surface area contributed by atoms with Crippen LogP contribution in [0.15, 0.2) is 60.7 Å². The second-order valence-electron chi connectivity index (χ2n) is 8.35. The molecule has 1 unspecified atom stereocenters. The second-order valence-corrected chi connectivity index (χ2v) is 10.2. The summed E-state index contributed by atoms with van der Waals surface area (Å²) in [6.45, 7) is 1.28. The lowest BCUT2D eigenvalue weighted by Gasteiger charge is -2.16. The van der Waals surface area contributed by atoms with E-state index in [0.717, 1.165) is 24.0 Å². The number of halogens is 4. The molecule has 0 fully saturated rings. The number of sulfonamides is 1. The highest BCUT2D eigenvalue weighted by Gasteiger charge is 2.33. The average Bonchev–Trinajstić information content (AvgIpc) is 2.81. The Labute approximate surface area is 206 Å². The smallest absolute Gasteiger partial charge is 0.351 e. The van der Waals surface area contributed by atoms with E-state index in [0.29, 0.717) is 11.1 Å². The number of pyridine rings is 1. The Kier molecular flexibility index (Phi) is 8.47. The first-order valence-electron chi connectivity index (χ1n) is 10.9. The summed E-state index contributed by atoms with van der Waals surface area (Å²) in [7, 11) is -3.50. The van der Waals surface area contributed by atoms with E-state index in [2.05, 4.69) is 15.0 Å². The predicted octanol–water partition coefficient (Wildman–Crippen LogP) is 4.30. The van der Waals surface area contributed by atoms with Gasteiger partial charge in [-0.15, -0.1) is 0 Å². The van der Waals surface area contributed by atoms with E-state index in [-0.39, 0.29) is 30.8 Å². The van der Waals surface area contributed by atoms with E-state index in [1.165, 1.54) is 18.2 Å². The van der Waals surface area contributed by atoms with Gasteiger partial charge in [0.25, 0.3) is 0 Å². The van der Waals surface area contributed by atoms with Crippen LogP contribution in [0.2, 0.25) is 0 Å². The number of hydrogen-bond donors (Lipinski definition) is 2. The van der Waals surface area contributed by atoms with Crippen LogP contribution in [-0.4, -0.2) is 25.6 Å². The summed E-state index contributed by atoms with van der Waals surface area (Å²) in [5, 5.41) is 2.69. The number of alkyl halides is 3. The number of benzene rings is 2. The first-order chi connectivity index (χ1) is 16.8. The first kappa shape index (κ1) is 27.3. The lowest BCUT2D eigenvalue weighted by molar-refractivity contribution is -0.141. The zero-order valence-electron chi connectivity index (χ0n) is 19.6. The molecule has 192 valence electrons. The molecule has 1 amide bonds. The molecule has 0 aliphatic carbocycles. The second kappa shape index (κ2) is 11.2. The third kappa shape index (κ3) is 7.59. The van der Waals surface area contributed by atoms with Gasteiger partial charge in [0.2, 0.25) is 15.9 Å². The van der Waals surface area contributed by atoms with Crippen LogP contribution in [0.3, 0.4) is 0 Å². The van der Waals surface area contributed by atoms with Crippen molar-refractivity contribution in [3.8, 4) is 0 Å². The molecule has 3 aromatic rings. The first-order valence-corrected chi connectivity index (χ1v) is 12.8. The lowest BCUT2D eigenvalue weighted by atomic mass is 9.98. The highest BCUT2D eigenvalue weighted by molar-refractivity contribution is 7.88. The molecule has 0 saturated heterocycles. The molecular weight excluding hydrogens is 498 g/mol. The molecule has 1 aromatic heterocycles. The Morgan fingerprint density at radius 3 is 2.28 bits per heavy atom. The molecule has 6 nitrogen and oxygen atoms in total. The fraction of sp³-hybridized carbons (Fsp3) is 0.280. The molecule has 0 spiro atoms. The number of aromatic nitrogens is 1. The van der Waals surface area contributed by atoms with Gasteiger partial charge in [-0.05, 0) is 35.7 Å². The molecule has 36 heavy (non-hydrogen) atoms. The molecule has 1 heterocycles. The van der Waals surface area contributed by atoms with E-state index >= 15 is 0 Å². The third-order valence-electron chi connectivity index (χ3n) is 5.52. The van der Waals surface area contributed by atoms with Crippen LogP contribution in [0.5, 0.6) is 0 Å². The maximum Gasteiger partial charge on any atom is 0.433 e. The van der Waals surface area contributed by atoms with Crippen molar-refractivity contribution in [1.29, 1.82) is 0 Å². The minimum absolute atomic E-state index is 0.0602. The molecule has 0 saturated carbocycles. The molecule has 3 rings (SSSR count). The molecule has 11 heteroatoms. The average molecular weight is 524 g/mol. The van der Waals surface area contributed by atoms with Gasteiger partial charge in [0.1, 0.15) is 11.5 Å². The Bertz CT molecular complexity index is 1330. The number of carbonyl (C=O) groups excluding carboxylic acids is 1. The third-order valence-corrected chi connectivity index (χ3v) is 6.19. The molecule has 1 atom stereocenters. The fourth-order valence-electron chi connectivity index (χ4n) is 3.46. The van der Waals surface area contributed by atoms with Crippen LogP contribution < -0.4 is 10.0 Å². The summed E-state index contributed by atoms with van der Waals surface area (Å²) in [5.74, 6) is -1.89. The van der Waals surface area contributed by atoms with E-state index in [9.17, 15) is 30.8 Å². The van der Waals surface area contributed by atoms with Gasteiger partial charge in [-0.1, -0.05) is 48.5 Å². The van der Waals surface area contributed by atoms with Crippen molar-refractivity contribution in [2.75, 3.05) is 6.26 Å². The van der Waals surface area contributed by atoms with Crippen LogP contribution in [0.1, 0.15) is 46.5 Å². The van der Waals surface area contributed by atoms with Crippen molar-refractivity contribution < 1.29 is 30.8 Å². The molecule has 0 bridgehead atoms. The molecule has 2 aromatic carbocycles. The number of hydrogen-bond acceptors (Lipinski definition) is 4. The van der Waals surface area contributed by atoms with Gasteiger partial charge in [0.05, 0.1) is 17.9 Å². The SMILES string of the molecule is CC(C(=O)NCc1ccc(C(F)(F)F)nc1Cc1ccccc1)c1ccc(CNS(C)(=O)=O)c(F)c1. The van der Waals surface area contributed by atoms with Gasteiger partial charge in [0.15, 0.2) is 0 Å². The van der Waals surface area contributed by atoms with Crippen LogP contribution >= 0.6 is 0 Å². The van der Waals surface area contributed by atoms with Gasteiger partial charge in [0, 0.05) is 25.1 Å². The zero-order valence-corrected chi connectivity index (χ0v) is 20.4. The minimum Gasteiger partial charge on any atom is -0.351 e. The van der Waals surface area contributed by atoms with Crippen LogP contribution in [-0.2, 0) is 40.5 Å². The maximum absolute atomic E-state index is 14.4. The van der Waals surface area contributed by atoms with E-state index in [4.69, 9.17) is 0 Å². The molecule has 0 radical (unpaired) electrons. The van der Waals surface area contributed by atoms with Crippen LogP contribution in [0.4, 0.5) is 17.6 Å². The summed E-state index contributed by atoms with van der Waals surface area (Å²) in [6.07, 6.45) is -3.49. The highest BCUT2D eigenvalue weighted by atomic mass is 32.2. The van der Waals surface area contributed by atoms with Gasteiger partial charge in [-0.25, -0.2) is 22.5 Å². The largest absolute Gasteiger partial charge is 0.433 e. The van der Waals surface area contributed by atoms with Crippen LogP contribution in [0.25, 0.3) is 0 Å². The summed E-state index contributed by atoms with van der Waals surface area (Å²) >= 11 is 0. The number of nitrogens with one attached hydrogen (secondary N) is 2. The summed E-state index contributed by atoms with van der Waals surface area (Å²) < 4.78 is 78.7. The van der Waals surface area contributed by atoms with Crippen molar-refractivity contribution in [2.45, 2.75) is 38.5 Å². The van der Waals surface area contributed by atoms with Crippen molar-refractivity contribution in [1.82, 2.24) is 15.0 Å². The van der Waals surface area contributed by atoms with Gasteiger partial charge in [-0.3, -0.25) is 4.79 Å². The van der Waals surface area contributed by atoms with Crippen LogP contribution in [0, 0.1) is 5.82 Å². The number of nitrogens with zero attached hydrogens (tertiary/aromatic N) is 1. The van der Waals surface area contributed by atoms with Crippen molar-refractivity contribution >= 4 is 15.9 Å². The minimum atomic E-state index is -4.60. The van der Waals surface area contributed by atoms with Crippen molar-refractivity contribution in [2.24, 2.45) is 0 Å². The Hall–Kier alpha value is -3.31. The normalized spacial score (nSPS) is 12.8. The van der Waals surface area contributed by atoms with E-state index < -0.39 is 39.5 Å². The van der Waals surface area contributed by atoms with Gasteiger partial charge >= 0.3 is 6.18 Å². The summed E-state index contributed by atoms with van der Waals surface area (Å²) in [4.78, 5) is 16.5. The van der Waals surface area contributed by atoms with Gasteiger partial charge < -0.3 is 5.32 Å². The molecule has 0 aliphatic rings. The standard InChI is InChI=1S/C25H25F4N3O3S/c1-16(18-8-9-19(21(26)13-18)15-31-36(2,34)35)24(33)30-14-20-10-11-23(25(27,28)29)32-22(20)12-17-6-4-3-5-7-17/h3-11,13,16,31H,12,14-15H2,1-2H3,(H,30,33). The Morgan fingerprint density at radius 2 is 1.67 bits per heavy atom. The Balaban J connectivity index is 1.73. The monoisotopic (exact) mass is 523 g/mol. The molecule has 2 N–H and O–H groups in total. The Morgan fingerprint density at radius 1 is 1.00 bits per heavy atom. The van der Waals surface area contributed by atoms with Crippen molar-refractivity contribution in [3.05, 3.63) is 100 Å². The zero-order chi connectivity index (χ0) is 26.5. The van der Waals surface area contributed by atoms with E-state index in [1.54, 1.807) is 37.3 Å². The number of carbonyl (C=O) groups is 1. The fourth-order valence-corrected chi connectivity index (χ4v) is 3.88. The van der Waals surface area contributed by atoms with Gasteiger partial charge in [-0.2, -0.15) is 13.2 Å². The number of amides is 1. The molecule has 0 aliphatic heterocycles. The summed E-state index contributed by atoms with van der Waals surface area (Å²) in [6, 6.07) is 15.1. The molecular formula is C25H25F4N3O3S. The maximum atomic E-state index is 14.4. The lowest BCUT2D eigenvalue weighted by Crippen LogP contribution is -2.28. The van der Waals surface area contributed by atoms with E-state index in [1.807, 2.05) is 0 Å². The number of rotatable bonds is 9. The summed E-state index contributed by atoms with van der Waals surface area (Å²) in [5.41, 5.74) is 0.865. The quantitative estimate of drug-likeness (QED) is 0.410.